The number of hydrogen-bond acceptors (Lipinski definition) is 4. The molecular weight excluding hydrogens is 448 g/mol. The molecule has 1 aliphatic carbocycles. The maximum atomic E-state index is 13.8. The van der Waals surface area contributed by atoms with Gasteiger partial charge in [0.25, 0.3) is 0 Å². The number of nitrogens with one attached hydrogen (secondary N) is 1. The van der Waals surface area contributed by atoms with Crippen molar-refractivity contribution in [3.05, 3.63) is 35.1 Å². The third kappa shape index (κ3) is 6.11. The van der Waals surface area contributed by atoms with Crippen molar-refractivity contribution in [3.63, 3.8) is 0 Å². The molecule has 2 fully saturated rings. The van der Waals surface area contributed by atoms with Gasteiger partial charge < -0.3 is 5.73 Å². The van der Waals surface area contributed by atoms with Crippen LogP contribution in [0.1, 0.15) is 37.7 Å². The van der Waals surface area contributed by atoms with Crippen LogP contribution in [-0.2, 0) is 16.4 Å². The second-order valence-electron chi connectivity index (χ2n) is 8.24. The summed E-state index contributed by atoms with van der Waals surface area (Å²) in [5.41, 5.74) is 5.54. The lowest BCUT2D eigenvalue weighted by atomic mass is 9.98. The molecule has 0 aromatic heterocycles. The standard InChI is InChI=1S/C19H25F6N3O2S/c20-15-9-17(22)16(21)7-11(15)6-12(26)8-18(19(23,24)25)28-5-1-2-13(28)10-27-31(29,30)14-3-4-14/h7,9,12-14,18,27H,1-6,8,10,26H2/t12-,13?,18?/m1/s1. The van der Waals surface area contributed by atoms with Crippen LogP contribution in [0.2, 0.25) is 0 Å². The van der Waals surface area contributed by atoms with E-state index in [1.165, 1.54) is 4.90 Å². The first-order valence-electron chi connectivity index (χ1n) is 10.1. The Labute approximate surface area is 177 Å². The smallest absolute Gasteiger partial charge is 0.327 e. The molecule has 3 rings (SSSR count). The van der Waals surface area contributed by atoms with E-state index in [9.17, 15) is 34.8 Å². The van der Waals surface area contributed by atoms with Gasteiger partial charge in [0, 0.05) is 24.7 Å². The zero-order chi connectivity index (χ0) is 23.0. The van der Waals surface area contributed by atoms with Gasteiger partial charge in [-0.1, -0.05) is 0 Å². The third-order valence-electron chi connectivity index (χ3n) is 5.78. The molecule has 1 aliphatic heterocycles. The molecule has 1 saturated carbocycles. The highest BCUT2D eigenvalue weighted by atomic mass is 32.2. The van der Waals surface area contributed by atoms with Gasteiger partial charge in [-0.05, 0) is 56.7 Å². The second kappa shape index (κ2) is 9.24. The fraction of sp³-hybridized carbons (Fsp3) is 0.684. The molecule has 176 valence electrons. The van der Waals surface area contributed by atoms with Crippen molar-refractivity contribution in [2.45, 2.75) is 68.1 Å². The summed E-state index contributed by atoms with van der Waals surface area (Å²) in [6, 6.07) is -2.85. The van der Waals surface area contributed by atoms with Crippen LogP contribution >= 0.6 is 0 Å². The van der Waals surface area contributed by atoms with Crippen LogP contribution in [0, 0.1) is 17.5 Å². The van der Waals surface area contributed by atoms with Crippen molar-refractivity contribution in [1.82, 2.24) is 9.62 Å². The van der Waals surface area contributed by atoms with E-state index in [4.69, 9.17) is 5.73 Å². The first kappa shape index (κ1) is 24.3. The fourth-order valence-corrected chi connectivity index (χ4v) is 5.44. The zero-order valence-electron chi connectivity index (χ0n) is 16.6. The Morgan fingerprint density at radius 3 is 2.35 bits per heavy atom. The van der Waals surface area contributed by atoms with Crippen LogP contribution < -0.4 is 10.5 Å². The Hall–Kier alpha value is -1.37. The highest BCUT2D eigenvalue weighted by Crippen LogP contribution is 2.34. The number of benzene rings is 1. The Bertz CT molecular complexity index is 891. The van der Waals surface area contributed by atoms with Crippen molar-refractivity contribution in [2.24, 2.45) is 5.73 Å². The van der Waals surface area contributed by atoms with E-state index >= 15 is 0 Å². The van der Waals surface area contributed by atoms with Crippen LogP contribution in [-0.4, -0.2) is 56.0 Å². The quantitative estimate of drug-likeness (QED) is 0.427. The number of nitrogens with zero attached hydrogens (tertiary/aromatic N) is 1. The molecular formula is C19H25F6N3O2S. The second-order valence-corrected chi connectivity index (χ2v) is 10.3. The van der Waals surface area contributed by atoms with E-state index in [2.05, 4.69) is 4.72 Å². The van der Waals surface area contributed by atoms with Crippen molar-refractivity contribution >= 4 is 10.0 Å². The predicted molar refractivity (Wildman–Crippen MR) is 102 cm³/mol. The lowest BCUT2D eigenvalue weighted by Gasteiger charge is -2.36. The summed E-state index contributed by atoms with van der Waals surface area (Å²) in [4.78, 5) is 1.19. The molecule has 5 nitrogen and oxygen atoms in total. The van der Waals surface area contributed by atoms with E-state index < -0.39 is 69.9 Å². The summed E-state index contributed by atoms with van der Waals surface area (Å²) in [5, 5.41) is -0.472. The number of sulfonamides is 1. The molecule has 3 atom stereocenters. The van der Waals surface area contributed by atoms with Crippen LogP contribution in [0.5, 0.6) is 0 Å². The number of alkyl halides is 3. The number of likely N-dealkylation sites (tertiary alicyclic amines) is 1. The van der Waals surface area contributed by atoms with Gasteiger partial charge in [-0.25, -0.2) is 26.3 Å². The Kier molecular flexibility index (Phi) is 7.24. The molecule has 1 aromatic carbocycles. The van der Waals surface area contributed by atoms with Gasteiger partial charge in [0.15, 0.2) is 11.6 Å². The highest BCUT2D eigenvalue weighted by Gasteiger charge is 2.48. The largest absolute Gasteiger partial charge is 0.404 e. The normalized spacial score (nSPS) is 22.6. The molecule has 0 spiro atoms. The number of hydrogen-bond donors (Lipinski definition) is 2. The van der Waals surface area contributed by atoms with Crippen molar-refractivity contribution in [3.8, 4) is 0 Å². The van der Waals surface area contributed by atoms with Gasteiger partial charge in [0.2, 0.25) is 10.0 Å². The Morgan fingerprint density at radius 2 is 1.74 bits per heavy atom. The summed E-state index contributed by atoms with van der Waals surface area (Å²) in [6.07, 6.45) is -3.69. The minimum absolute atomic E-state index is 0.117. The van der Waals surface area contributed by atoms with E-state index in [1.54, 1.807) is 0 Å². The third-order valence-corrected chi connectivity index (χ3v) is 7.70. The molecule has 1 aromatic rings. The van der Waals surface area contributed by atoms with E-state index in [1.807, 2.05) is 0 Å². The molecule has 3 N–H and O–H groups in total. The number of nitrogens with two attached hydrogens (primary N) is 1. The van der Waals surface area contributed by atoms with Gasteiger partial charge in [-0.2, -0.15) is 13.2 Å². The molecule has 0 bridgehead atoms. The minimum atomic E-state index is -4.65. The summed E-state index contributed by atoms with van der Waals surface area (Å²) in [5.74, 6) is -3.78. The molecule has 0 amide bonds. The predicted octanol–water partition coefficient (Wildman–Crippen LogP) is 2.84. The van der Waals surface area contributed by atoms with E-state index in [-0.39, 0.29) is 18.7 Å². The zero-order valence-corrected chi connectivity index (χ0v) is 17.5. The number of halogens is 6. The van der Waals surface area contributed by atoms with E-state index in [0.717, 1.165) is 0 Å². The van der Waals surface area contributed by atoms with Crippen LogP contribution in [0.25, 0.3) is 0 Å². The topological polar surface area (TPSA) is 75.4 Å². The molecule has 0 radical (unpaired) electrons. The van der Waals surface area contributed by atoms with Crippen LogP contribution in [0.15, 0.2) is 12.1 Å². The molecule has 1 heterocycles. The van der Waals surface area contributed by atoms with Gasteiger partial charge >= 0.3 is 6.18 Å². The van der Waals surface area contributed by atoms with Gasteiger partial charge in [-0.15, -0.1) is 0 Å². The van der Waals surface area contributed by atoms with Crippen molar-refractivity contribution in [2.75, 3.05) is 13.1 Å². The molecule has 12 heteroatoms. The van der Waals surface area contributed by atoms with Crippen molar-refractivity contribution in [1.29, 1.82) is 0 Å². The van der Waals surface area contributed by atoms with E-state index in [0.29, 0.717) is 37.8 Å². The van der Waals surface area contributed by atoms with Crippen molar-refractivity contribution < 1.29 is 34.8 Å². The summed E-state index contributed by atoms with van der Waals surface area (Å²) >= 11 is 0. The average molecular weight is 473 g/mol. The maximum absolute atomic E-state index is 13.8. The van der Waals surface area contributed by atoms with Gasteiger partial charge in [-0.3, -0.25) is 4.90 Å². The van der Waals surface area contributed by atoms with Gasteiger partial charge in [0.05, 0.1) is 5.25 Å². The summed E-state index contributed by atoms with van der Waals surface area (Å²) in [7, 11) is -3.53. The summed E-state index contributed by atoms with van der Waals surface area (Å²) in [6.45, 7) is -0.00922. The fourth-order valence-electron chi connectivity index (χ4n) is 4.03. The molecule has 31 heavy (non-hydrogen) atoms. The SMILES string of the molecule is N[C@H](Cc1cc(F)c(F)cc1F)CC(N1CCCC1CNS(=O)(=O)C1CC1)C(F)(F)F. The Morgan fingerprint density at radius 1 is 1.10 bits per heavy atom. The molecule has 1 saturated heterocycles. The molecule has 2 unspecified atom stereocenters. The summed E-state index contributed by atoms with van der Waals surface area (Å²) < 4.78 is 108. The number of rotatable bonds is 9. The lowest BCUT2D eigenvalue weighted by Crippen LogP contribution is -2.53. The van der Waals surface area contributed by atoms with Crippen LogP contribution in [0.3, 0.4) is 0 Å². The van der Waals surface area contributed by atoms with Crippen LogP contribution in [0.4, 0.5) is 26.3 Å². The minimum Gasteiger partial charge on any atom is -0.327 e. The highest BCUT2D eigenvalue weighted by molar-refractivity contribution is 7.90. The average Bonchev–Trinajstić information content (AvgIpc) is 3.42. The van der Waals surface area contributed by atoms with Gasteiger partial charge in [0.1, 0.15) is 11.9 Å². The first-order valence-corrected chi connectivity index (χ1v) is 11.6. The molecule has 2 aliphatic rings. The lowest BCUT2D eigenvalue weighted by molar-refractivity contribution is -0.188. The Balaban J connectivity index is 1.68. The monoisotopic (exact) mass is 473 g/mol. The first-order chi connectivity index (χ1) is 14.4. The maximum Gasteiger partial charge on any atom is 0.404 e.